The van der Waals surface area contributed by atoms with Gasteiger partial charge in [0.1, 0.15) is 5.75 Å². The van der Waals surface area contributed by atoms with Gasteiger partial charge in [0.2, 0.25) is 0 Å². The lowest BCUT2D eigenvalue weighted by Crippen LogP contribution is -2.40. The van der Waals surface area contributed by atoms with E-state index in [1.54, 1.807) is 7.11 Å². The van der Waals surface area contributed by atoms with Crippen LogP contribution in [-0.2, 0) is 0 Å². The summed E-state index contributed by atoms with van der Waals surface area (Å²) in [6, 6.07) is 8.50. The number of hydrogen-bond donors (Lipinski definition) is 1. The van der Waals surface area contributed by atoms with Gasteiger partial charge in [-0.05, 0) is 51.6 Å². The van der Waals surface area contributed by atoms with Crippen molar-refractivity contribution in [1.82, 2.24) is 15.1 Å². The van der Waals surface area contributed by atoms with Crippen LogP contribution in [0.15, 0.2) is 29.3 Å². The van der Waals surface area contributed by atoms with Crippen molar-refractivity contribution in [3.05, 3.63) is 29.8 Å². The van der Waals surface area contributed by atoms with E-state index in [0.29, 0.717) is 0 Å². The molecule has 0 amide bonds. The molecule has 0 aromatic heterocycles. The van der Waals surface area contributed by atoms with Crippen LogP contribution in [0.4, 0.5) is 0 Å². The van der Waals surface area contributed by atoms with Crippen molar-refractivity contribution in [2.24, 2.45) is 4.99 Å². The molecule has 0 bridgehead atoms. The second-order valence-electron chi connectivity index (χ2n) is 6.14. The first kappa shape index (κ1) is 21.0. The zero-order valence-electron chi connectivity index (χ0n) is 15.3. The second kappa shape index (κ2) is 10.8. The van der Waals surface area contributed by atoms with Crippen LogP contribution in [0.25, 0.3) is 0 Å². The normalized spacial score (nSPS) is 16.0. The molecule has 1 aromatic rings. The van der Waals surface area contributed by atoms with Gasteiger partial charge in [-0.3, -0.25) is 4.99 Å². The molecule has 6 heteroatoms. The maximum Gasteiger partial charge on any atom is 0.193 e. The minimum Gasteiger partial charge on any atom is -0.497 e. The highest BCUT2D eigenvalue weighted by Crippen LogP contribution is 2.23. The summed E-state index contributed by atoms with van der Waals surface area (Å²) in [5.74, 6) is 1.93. The Hall–Kier alpha value is -1.02. The molecule has 1 aliphatic rings. The fraction of sp³-hybridized carbons (Fsp3) is 0.611. The number of rotatable bonds is 6. The Morgan fingerprint density at radius 3 is 2.62 bits per heavy atom. The molecule has 0 radical (unpaired) electrons. The zero-order chi connectivity index (χ0) is 16.7. The molecule has 0 saturated carbocycles. The van der Waals surface area contributed by atoms with Gasteiger partial charge in [0, 0.05) is 19.6 Å². The Labute approximate surface area is 163 Å². The molecule has 1 aromatic carbocycles. The molecule has 1 fully saturated rings. The number of ether oxygens (including phenoxy) is 1. The van der Waals surface area contributed by atoms with E-state index in [2.05, 4.69) is 48.3 Å². The van der Waals surface area contributed by atoms with Crippen LogP contribution >= 0.6 is 24.0 Å². The van der Waals surface area contributed by atoms with Gasteiger partial charge in [0.05, 0.1) is 19.7 Å². The third-order valence-electron chi connectivity index (χ3n) is 4.26. The smallest absolute Gasteiger partial charge is 0.193 e. The number of benzene rings is 1. The van der Waals surface area contributed by atoms with Crippen molar-refractivity contribution in [1.29, 1.82) is 0 Å². The van der Waals surface area contributed by atoms with E-state index in [9.17, 15) is 0 Å². The van der Waals surface area contributed by atoms with Crippen LogP contribution in [0, 0.1) is 0 Å². The molecule has 1 saturated heterocycles. The van der Waals surface area contributed by atoms with Gasteiger partial charge in [-0.15, -0.1) is 24.0 Å². The number of guanidine groups is 1. The highest BCUT2D eigenvalue weighted by Gasteiger charge is 2.18. The largest absolute Gasteiger partial charge is 0.497 e. The SMILES string of the molecule is CCNC(=NCC(c1cccc(OC)c1)N(C)C)N1CCCC1.I. The number of halogens is 1. The van der Waals surface area contributed by atoms with Crippen molar-refractivity contribution < 1.29 is 4.74 Å². The van der Waals surface area contributed by atoms with E-state index in [4.69, 9.17) is 9.73 Å². The zero-order valence-corrected chi connectivity index (χ0v) is 17.6. The van der Waals surface area contributed by atoms with Crippen molar-refractivity contribution in [2.75, 3.05) is 47.4 Å². The van der Waals surface area contributed by atoms with Crippen LogP contribution in [0.1, 0.15) is 31.4 Å². The Morgan fingerprint density at radius 1 is 1.33 bits per heavy atom. The molecule has 136 valence electrons. The average molecular weight is 446 g/mol. The van der Waals surface area contributed by atoms with Gasteiger partial charge in [0.15, 0.2) is 5.96 Å². The van der Waals surface area contributed by atoms with Gasteiger partial charge in [-0.2, -0.15) is 0 Å². The van der Waals surface area contributed by atoms with Crippen molar-refractivity contribution in [3.8, 4) is 5.75 Å². The first-order chi connectivity index (χ1) is 11.2. The quantitative estimate of drug-likeness (QED) is 0.415. The molecule has 1 heterocycles. The van der Waals surface area contributed by atoms with E-state index < -0.39 is 0 Å². The number of nitrogens with zero attached hydrogens (tertiary/aromatic N) is 3. The van der Waals surface area contributed by atoms with Crippen LogP contribution in [0.2, 0.25) is 0 Å². The van der Waals surface area contributed by atoms with Gasteiger partial charge < -0.3 is 19.9 Å². The molecule has 1 unspecified atom stereocenters. The first-order valence-electron chi connectivity index (χ1n) is 8.49. The first-order valence-corrected chi connectivity index (χ1v) is 8.49. The van der Waals surface area contributed by atoms with E-state index in [-0.39, 0.29) is 30.0 Å². The summed E-state index contributed by atoms with van der Waals surface area (Å²) >= 11 is 0. The number of methoxy groups -OCH3 is 1. The minimum absolute atomic E-state index is 0. The number of hydrogen-bond acceptors (Lipinski definition) is 3. The van der Waals surface area contributed by atoms with E-state index in [1.165, 1.54) is 18.4 Å². The highest BCUT2D eigenvalue weighted by molar-refractivity contribution is 14.0. The predicted molar refractivity (Wildman–Crippen MR) is 112 cm³/mol. The van der Waals surface area contributed by atoms with Gasteiger partial charge in [0.25, 0.3) is 0 Å². The standard InChI is InChI=1S/C18H30N4O.HI/c1-5-19-18(22-11-6-7-12-22)20-14-17(21(2)3)15-9-8-10-16(13-15)23-4;/h8-10,13,17H,5-7,11-12,14H2,1-4H3,(H,19,20);1H. The molecule has 0 aliphatic carbocycles. The summed E-state index contributed by atoms with van der Waals surface area (Å²) in [4.78, 5) is 9.47. The summed E-state index contributed by atoms with van der Waals surface area (Å²) in [5, 5.41) is 3.43. The summed E-state index contributed by atoms with van der Waals surface area (Å²) in [5.41, 5.74) is 1.23. The fourth-order valence-electron chi connectivity index (χ4n) is 2.94. The highest BCUT2D eigenvalue weighted by atomic mass is 127. The van der Waals surface area contributed by atoms with Crippen molar-refractivity contribution in [3.63, 3.8) is 0 Å². The van der Waals surface area contributed by atoms with Gasteiger partial charge in [-0.25, -0.2) is 0 Å². The molecule has 5 nitrogen and oxygen atoms in total. The molecule has 0 spiro atoms. The monoisotopic (exact) mass is 446 g/mol. The van der Waals surface area contributed by atoms with E-state index in [0.717, 1.165) is 37.9 Å². The third kappa shape index (κ3) is 5.81. The molecule has 1 N–H and O–H groups in total. The maximum atomic E-state index is 5.36. The molecular formula is C18H31IN4O. The van der Waals surface area contributed by atoms with Crippen LogP contribution in [0.5, 0.6) is 5.75 Å². The molecule has 1 atom stereocenters. The van der Waals surface area contributed by atoms with Crippen LogP contribution in [0.3, 0.4) is 0 Å². The van der Waals surface area contributed by atoms with Gasteiger partial charge in [-0.1, -0.05) is 12.1 Å². The summed E-state index contributed by atoms with van der Waals surface area (Å²) in [6.45, 7) is 5.98. The van der Waals surface area contributed by atoms with Gasteiger partial charge >= 0.3 is 0 Å². The Morgan fingerprint density at radius 2 is 2.04 bits per heavy atom. The van der Waals surface area contributed by atoms with Crippen LogP contribution in [-0.4, -0.2) is 63.1 Å². The predicted octanol–water partition coefficient (Wildman–Crippen LogP) is 2.98. The number of likely N-dealkylation sites (tertiary alicyclic amines) is 1. The Kier molecular flexibility index (Phi) is 9.43. The number of nitrogens with one attached hydrogen (secondary N) is 1. The topological polar surface area (TPSA) is 40.1 Å². The molecular weight excluding hydrogens is 415 g/mol. The molecule has 1 aliphatic heterocycles. The Bertz CT molecular complexity index is 515. The van der Waals surface area contributed by atoms with E-state index in [1.807, 2.05) is 12.1 Å². The van der Waals surface area contributed by atoms with Crippen LogP contribution < -0.4 is 10.1 Å². The molecule has 2 rings (SSSR count). The second-order valence-corrected chi connectivity index (χ2v) is 6.14. The van der Waals surface area contributed by atoms with E-state index >= 15 is 0 Å². The number of aliphatic imine (C=N–C) groups is 1. The minimum atomic E-state index is 0. The fourth-order valence-corrected chi connectivity index (χ4v) is 2.94. The number of likely N-dealkylation sites (N-methyl/N-ethyl adjacent to an activating group) is 1. The average Bonchev–Trinajstić information content (AvgIpc) is 3.08. The lowest BCUT2D eigenvalue weighted by Gasteiger charge is -2.26. The lowest BCUT2D eigenvalue weighted by molar-refractivity contribution is 0.304. The van der Waals surface area contributed by atoms with Crippen molar-refractivity contribution >= 4 is 29.9 Å². The molecule has 24 heavy (non-hydrogen) atoms. The summed E-state index contributed by atoms with van der Waals surface area (Å²) in [6.07, 6.45) is 2.52. The maximum absolute atomic E-state index is 5.36. The Balaban J connectivity index is 0.00000288. The summed E-state index contributed by atoms with van der Waals surface area (Å²) in [7, 11) is 5.91. The third-order valence-corrected chi connectivity index (χ3v) is 4.26. The lowest BCUT2D eigenvalue weighted by atomic mass is 10.1. The van der Waals surface area contributed by atoms with Crippen molar-refractivity contribution in [2.45, 2.75) is 25.8 Å². The summed E-state index contributed by atoms with van der Waals surface area (Å²) < 4.78 is 5.36.